The van der Waals surface area contributed by atoms with Crippen molar-refractivity contribution in [2.45, 2.75) is 71.6 Å². The number of hydrogen-bond donors (Lipinski definition) is 0. The van der Waals surface area contributed by atoms with Gasteiger partial charge in [-0.25, -0.2) is 4.39 Å². The van der Waals surface area contributed by atoms with E-state index in [2.05, 4.69) is 6.92 Å². The summed E-state index contributed by atoms with van der Waals surface area (Å²) >= 11 is 0. The Hall–Kier alpha value is -1.18. The molecule has 20 heavy (non-hydrogen) atoms. The molecule has 0 saturated heterocycles. The van der Waals surface area contributed by atoms with Crippen molar-refractivity contribution in [1.82, 2.24) is 0 Å². The summed E-state index contributed by atoms with van der Waals surface area (Å²) in [6.07, 6.45) is 9.52. The van der Waals surface area contributed by atoms with Gasteiger partial charge in [-0.15, -0.1) is 0 Å². The lowest BCUT2D eigenvalue weighted by atomic mass is 10.00. The second kappa shape index (κ2) is 9.68. The first kappa shape index (κ1) is 16.9. The Morgan fingerprint density at radius 3 is 2.40 bits per heavy atom. The van der Waals surface area contributed by atoms with Crippen LogP contribution in [0.4, 0.5) is 4.39 Å². The molecule has 0 saturated carbocycles. The topological polar surface area (TPSA) is 17.1 Å². The normalized spacial score (nSPS) is 10.8. The minimum absolute atomic E-state index is 0.229. The first-order chi connectivity index (χ1) is 9.63. The van der Waals surface area contributed by atoms with E-state index in [1.807, 2.05) is 6.92 Å². The predicted molar refractivity (Wildman–Crippen MR) is 82.5 cm³/mol. The highest BCUT2D eigenvalue weighted by atomic mass is 19.1. The summed E-state index contributed by atoms with van der Waals surface area (Å²) in [6, 6.07) is 4.67. The van der Waals surface area contributed by atoms with Crippen molar-refractivity contribution in [3.8, 4) is 0 Å². The lowest BCUT2D eigenvalue weighted by Gasteiger charge is -2.05. The fourth-order valence-electron chi connectivity index (χ4n) is 2.41. The molecular formula is C18H27FO. The van der Waals surface area contributed by atoms with Crippen LogP contribution in [0.2, 0.25) is 0 Å². The molecule has 0 spiro atoms. The Morgan fingerprint density at radius 1 is 1.05 bits per heavy atom. The van der Waals surface area contributed by atoms with Gasteiger partial charge in [0.15, 0.2) is 0 Å². The molecule has 0 aromatic heterocycles. The van der Waals surface area contributed by atoms with E-state index in [4.69, 9.17) is 0 Å². The zero-order valence-electron chi connectivity index (χ0n) is 12.9. The van der Waals surface area contributed by atoms with Crippen LogP contribution in [0.15, 0.2) is 18.2 Å². The van der Waals surface area contributed by atoms with Crippen LogP contribution >= 0.6 is 0 Å². The van der Waals surface area contributed by atoms with Gasteiger partial charge < -0.3 is 0 Å². The molecule has 112 valence electrons. The third kappa shape index (κ3) is 6.83. The number of ketones is 1. The maximum atomic E-state index is 13.1. The van der Waals surface area contributed by atoms with Gasteiger partial charge in [0.1, 0.15) is 11.6 Å². The maximum absolute atomic E-state index is 13.1. The molecule has 1 nitrogen and oxygen atoms in total. The number of carbonyl (C=O) groups is 1. The molecule has 0 aliphatic heterocycles. The third-order valence-electron chi connectivity index (χ3n) is 3.76. The highest BCUT2D eigenvalue weighted by Crippen LogP contribution is 2.14. The molecule has 2 heteroatoms. The fourth-order valence-corrected chi connectivity index (χ4v) is 2.41. The van der Waals surface area contributed by atoms with Crippen LogP contribution in [0.1, 0.15) is 69.4 Å². The zero-order valence-corrected chi connectivity index (χ0v) is 12.9. The van der Waals surface area contributed by atoms with Crippen molar-refractivity contribution in [2.75, 3.05) is 0 Å². The molecule has 0 unspecified atom stereocenters. The number of benzene rings is 1. The van der Waals surface area contributed by atoms with Crippen molar-refractivity contribution in [2.24, 2.45) is 0 Å². The van der Waals surface area contributed by atoms with E-state index in [0.29, 0.717) is 12.8 Å². The Morgan fingerprint density at radius 2 is 1.70 bits per heavy atom. The summed E-state index contributed by atoms with van der Waals surface area (Å²) in [5.41, 5.74) is 1.83. The summed E-state index contributed by atoms with van der Waals surface area (Å²) < 4.78 is 13.1. The van der Waals surface area contributed by atoms with E-state index in [9.17, 15) is 9.18 Å². The summed E-state index contributed by atoms with van der Waals surface area (Å²) in [5, 5.41) is 0. The second-order valence-corrected chi connectivity index (χ2v) is 5.66. The number of Topliss-reactive ketones (excluding diaryl/α,β-unsaturated/α-hetero) is 1. The number of hydrogen-bond acceptors (Lipinski definition) is 1. The summed E-state index contributed by atoms with van der Waals surface area (Å²) in [7, 11) is 0. The van der Waals surface area contributed by atoms with Crippen molar-refractivity contribution < 1.29 is 9.18 Å². The molecule has 0 amide bonds. The van der Waals surface area contributed by atoms with Crippen molar-refractivity contribution in [1.29, 1.82) is 0 Å². The Kier molecular flexibility index (Phi) is 8.17. The number of carbonyl (C=O) groups excluding carboxylic acids is 1. The molecule has 0 heterocycles. The van der Waals surface area contributed by atoms with Gasteiger partial charge in [0.2, 0.25) is 0 Å². The van der Waals surface area contributed by atoms with E-state index in [1.165, 1.54) is 44.2 Å². The lowest BCUT2D eigenvalue weighted by molar-refractivity contribution is -0.118. The van der Waals surface area contributed by atoms with Crippen molar-refractivity contribution in [3.05, 3.63) is 35.1 Å². The van der Waals surface area contributed by atoms with Crippen LogP contribution in [0.3, 0.4) is 0 Å². The van der Waals surface area contributed by atoms with Crippen molar-refractivity contribution in [3.63, 3.8) is 0 Å². The van der Waals surface area contributed by atoms with Crippen LogP contribution in [-0.4, -0.2) is 5.78 Å². The van der Waals surface area contributed by atoms with Crippen LogP contribution in [-0.2, 0) is 11.2 Å². The predicted octanol–water partition coefficient (Wildman–Crippen LogP) is 5.39. The molecular weight excluding hydrogens is 251 g/mol. The van der Waals surface area contributed by atoms with Crippen LogP contribution in [0.25, 0.3) is 0 Å². The standard InChI is InChI=1S/C18H27FO/c1-3-4-5-6-7-8-9-10-18(20)14-16-13-17(19)12-11-15(16)2/h11-13H,3-10,14H2,1-2H3. The molecule has 1 rings (SSSR count). The summed E-state index contributed by atoms with van der Waals surface area (Å²) in [6.45, 7) is 4.14. The van der Waals surface area contributed by atoms with Gasteiger partial charge in [-0.3, -0.25) is 4.79 Å². The Bertz CT molecular complexity index is 412. The number of aryl methyl sites for hydroxylation is 1. The maximum Gasteiger partial charge on any atom is 0.137 e. The molecule has 0 aliphatic rings. The SMILES string of the molecule is CCCCCCCCCC(=O)Cc1cc(F)ccc1C. The molecule has 0 fully saturated rings. The lowest BCUT2D eigenvalue weighted by Crippen LogP contribution is -2.04. The van der Waals surface area contributed by atoms with Gasteiger partial charge in [0.05, 0.1) is 0 Å². The third-order valence-corrected chi connectivity index (χ3v) is 3.76. The molecule has 0 atom stereocenters. The van der Waals surface area contributed by atoms with Crippen LogP contribution in [0, 0.1) is 12.7 Å². The van der Waals surface area contributed by atoms with Crippen LogP contribution < -0.4 is 0 Å². The largest absolute Gasteiger partial charge is 0.299 e. The summed E-state index contributed by atoms with van der Waals surface area (Å²) in [5.74, 6) is -0.0263. The van der Waals surface area contributed by atoms with E-state index < -0.39 is 0 Å². The van der Waals surface area contributed by atoms with E-state index in [0.717, 1.165) is 24.0 Å². The highest BCUT2D eigenvalue weighted by molar-refractivity contribution is 5.81. The molecule has 0 aliphatic carbocycles. The second-order valence-electron chi connectivity index (χ2n) is 5.66. The van der Waals surface area contributed by atoms with Gasteiger partial charge in [0.25, 0.3) is 0 Å². The quantitative estimate of drug-likeness (QED) is 0.525. The zero-order chi connectivity index (χ0) is 14.8. The fraction of sp³-hybridized carbons (Fsp3) is 0.611. The van der Waals surface area contributed by atoms with Crippen molar-refractivity contribution >= 4 is 5.78 Å². The number of rotatable bonds is 10. The van der Waals surface area contributed by atoms with E-state index >= 15 is 0 Å². The van der Waals surface area contributed by atoms with E-state index in [1.54, 1.807) is 6.07 Å². The van der Waals surface area contributed by atoms with E-state index in [-0.39, 0.29) is 11.6 Å². The molecule has 0 bridgehead atoms. The molecule has 0 radical (unpaired) electrons. The Balaban J connectivity index is 2.19. The van der Waals surface area contributed by atoms with Crippen LogP contribution in [0.5, 0.6) is 0 Å². The first-order valence-corrected chi connectivity index (χ1v) is 7.90. The first-order valence-electron chi connectivity index (χ1n) is 7.90. The van der Waals surface area contributed by atoms with Gasteiger partial charge in [0, 0.05) is 12.8 Å². The van der Waals surface area contributed by atoms with Gasteiger partial charge in [-0.05, 0) is 36.6 Å². The number of halogens is 1. The monoisotopic (exact) mass is 278 g/mol. The minimum Gasteiger partial charge on any atom is -0.299 e. The molecule has 1 aromatic carbocycles. The highest BCUT2D eigenvalue weighted by Gasteiger charge is 2.07. The molecule has 0 N–H and O–H groups in total. The summed E-state index contributed by atoms with van der Waals surface area (Å²) in [4.78, 5) is 11.9. The molecule has 1 aromatic rings. The van der Waals surface area contributed by atoms with Gasteiger partial charge in [-0.2, -0.15) is 0 Å². The average Bonchev–Trinajstić information content (AvgIpc) is 2.42. The van der Waals surface area contributed by atoms with Gasteiger partial charge in [-0.1, -0.05) is 51.5 Å². The Labute approximate surface area is 122 Å². The van der Waals surface area contributed by atoms with Gasteiger partial charge >= 0.3 is 0 Å². The minimum atomic E-state index is -0.255. The smallest absolute Gasteiger partial charge is 0.137 e. The average molecular weight is 278 g/mol. The number of unbranched alkanes of at least 4 members (excludes halogenated alkanes) is 6.